The van der Waals surface area contributed by atoms with Crippen molar-refractivity contribution in [3.8, 4) is 0 Å². The van der Waals surface area contributed by atoms with E-state index < -0.39 is 0 Å². The Hall–Kier alpha value is -0.510. The van der Waals surface area contributed by atoms with Crippen LogP contribution in [0.2, 0.25) is 0 Å². The number of rotatable bonds is 8. The minimum atomic E-state index is 0.809. The lowest BCUT2D eigenvalue weighted by Gasteiger charge is -2.04. The van der Waals surface area contributed by atoms with Crippen molar-refractivity contribution in [2.24, 2.45) is 0 Å². The highest BCUT2D eigenvalue weighted by molar-refractivity contribution is 7.99. The summed E-state index contributed by atoms with van der Waals surface area (Å²) in [5.41, 5.74) is 0. The van der Waals surface area contributed by atoms with Gasteiger partial charge in [-0.05, 0) is 18.7 Å². The molecule has 15 heavy (non-hydrogen) atoms. The molecule has 1 aromatic carbocycles. The molecular weight excluding hydrogens is 206 g/mol. The van der Waals surface area contributed by atoms with Gasteiger partial charge in [0.25, 0.3) is 0 Å². The van der Waals surface area contributed by atoms with Gasteiger partial charge in [0.1, 0.15) is 0 Å². The number of likely N-dealkylation sites (N-methyl/N-ethyl adjacent to an activating group) is 1. The van der Waals surface area contributed by atoms with Gasteiger partial charge < -0.3 is 10.1 Å². The van der Waals surface area contributed by atoms with Gasteiger partial charge in [0.05, 0.1) is 13.2 Å². The third kappa shape index (κ3) is 6.55. The van der Waals surface area contributed by atoms with Crippen molar-refractivity contribution >= 4 is 11.8 Å². The highest BCUT2D eigenvalue weighted by Crippen LogP contribution is 2.15. The van der Waals surface area contributed by atoms with E-state index in [1.807, 2.05) is 17.8 Å². The second-order valence-electron chi connectivity index (χ2n) is 3.13. The van der Waals surface area contributed by atoms with E-state index in [1.165, 1.54) is 4.90 Å². The Labute approximate surface area is 96.4 Å². The molecule has 0 saturated carbocycles. The summed E-state index contributed by atoms with van der Waals surface area (Å²) in [4.78, 5) is 1.31. The number of ether oxygens (including phenoxy) is 1. The smallest absolute Gasteiger partial charge is 0.0591 e. The van der Waals surface area contributed by atoms with Crippen LogP contribution in [-0.2, 0) is 4.74 Å². The Morgan fingerprint density at radius 3 is 2.73 bits per heavy atom. The summed E-state index contributed by atoms with van der Waals surface area (Å²) in [6.07, 6.45) is 0. The van der Waals surface area contributed by atoms with E-state index in [0.29, 0.717) is 0 Å². The topological polar surface area (TPSA) is 21.3 Å². The third-order valence-corrected chi connectivity index (χ3v) is 2.89. The molecule has 0 aliphatic carbocycles. The van der Waals surface area contributed by atoms with Gasteiger partial charge in [-0.2, -0.15) is 0 Å². The van der Waals surface area contributed by atoms with Gasteiger partial charge >= 0.3 is 0 Å². The fraction of sp³-hybridized carbons (Fsp3) is 0.500. The molecule has 1 aromatic rings. The van der Waals surface area contributed by atoms with Crippen molar-refractivity contribution in [3.05, 3.63) is 30.3 Å². The summed E-state index contributed by atoms with van der Waals surface area (Å²) in [5.74, 6) is 1.02. The van der Waals surface area contributed by atoms with E-state index >= 15 is 0 Å². The Morgan fingerprint density at radius 2 is 2.00 bits per heavy atom. The van der Waals surface area contributed by atoms with Crippen LogP contribution in [0, 0.1) is 0 Å². The van der Waals surface area contributed by atoms with Crippen molar-refractivity contribution in [1.82, 2.24) is 5.32 Å². The van der Waals surface area contributed by atoms with Gasteiger partial charge in [0, 0.05) is 17.2 Å². The molecule has 1 N–H and O–H groups in total. The monoisotopic (exact) mass is 225 g/mol. The highest BCUT2D eigenvalue weighted by Gasteiger charge is 1.92. The number of thioether (sulfide) groups is 1. The Balaban J connectivity index is 1.93. The van der Waals surface area contributed by atoms with Crippen LogP contribution in [0.4, 0.5) is 0 Å². The molecule has 0 aliphatic heterocycles. The molecule has 0 aliphatic rings. The molecule has 1 rings (SSSR count). The van der Waals surface area contributed by atoms with Crippen molar-refractivity contribution in [3.63, 3.8) is 0 Å². The summed E-state index contributed by atoms with van der Waals surface area (Å²) in [6.45, 7) is 5.70. The molecule has 0 unspecified atom stereocenters. The maximum atomic E-state index is 5.47. The summed E-state index contributed by atoms with van der Waals surface area (Å²) in [6, 6.07) is 10.4. The van der Waals surface area contributed by atoms with Crippen LogP contribution in [0.5, 0.6) is 0 Å². The zero-order chi connectivity index (χ0) is 10.8. The van der Waals surface area contributed by atoms with Crippen LogP contribution >= 0.6 is 11.8 Å². The van der Waals surface area contributed by atoms with E-state index in [2.05, 4.69) is 36.5 Å². The zero-order valence-corrected chi connectivity index (χ0v) is 10.1. The lowest BCUT2D eigenvalue weighted by molar-refractivity contribution is 0.152. The Morgan fingerprint density at radius 1 is 1.20 bits per heavy atom. The van der Waals surface area contributed by atoms with Crippen molar-refractivity contribution < 1.29 is 4.74 Å². The fourth-order valence-electron chi connectivity index (χ4n) is 1.16. The van der Waals surface area contributed by atoms with Crippen molar-refractivity contribution in [2.75, 3.05) is 32.1 Å². The van der Waals surface area contributed by atoms with Gasteiger partial charge in [-0.15, -0.1) is 11.8 Å². The van der Waals surface area contributed by atoms with Gasteiger partial charge in [-0.25, -0.2) is 0 Å². The minimum Gasteiger partial charge on any atom is -0.379 e. The average molecular weight is 225 g/mol. The summed E-state index contributed by atoms with van der Waals surface area (Å²) < 4.78 is 5.47. The summed E-state index contributed by atoms with van der Waals surface area (Å²) in [5, 5.41) is 3.23. The molecule has 0 heterocycles. The molecule has 0 fully saturated rings. The quantitative estimate of drug-likeness (QED) is 0.542. The minimum absolute atomic E-state index is 0.809. The molecule has 3 heteroatoms. The molecule has 84 valence electrons. The van der Waals surface area contributed by atoms with Crippen LogP contribution in [0.15, 0.2) is 35.2 Å². The standard InChI is InChI=1S/C12H19NOS/c1-2-13-8-9-14-10-11-15-12-6-4-3-5-7-12/h3-7,13H,2,8-11H2,1H3. The van der Waals surface area contributed by atoms with Crippen LogP contribution < -0.4 is 5.32 Å². The van der Waals surface area contributed by atoms with Gasteiger partial charge in [-0.1, -0.05) is 25.1 Å². The van der Waals surface area contributed by atoms with E-state index in [0.717, 1.165) is 32.1 Å². The first kappa shape index (κ1) is 12.6. The van der Waals surface area contributed by atoms with Gasteiger partial charge in [0.15, 0.2) is 0 Å². The molecule has 0 saturated heterocycles. The van der Waals surface area contributed by atoms with E-state index in [9.17, 15) is 0 Å². The van der Waals surface area contributed by atoms with E-state index in [4.69, 9.17) is 4.74 Å². The molecule has 0 spiro atoms. The normalized spacial score (nSPS) is 10.5. The van der Waals surface area contributed by atoms with Crippen LogP contribution in [-0.4, -0.2) is 32.1 Å². The highest BCUT2D eigenvalue weighted by atomic mass is 32.2. The molecule has 0 bridgehead atoms. The fourth-order valence-corrected chi connectivity index (χ4v) is 1.94. The Bertz CT molecular complexity index is 241. The number of hydrogen-bond acceptors (Lipinski definition) is 3. The van der Waals surface area contributed by atoms with E-state index in [1.54, 1.807) is 0 Å². The first-order chi connectivity index (χ1) is 7.43. The average Bonchev–Trinajstić information content (AvgIpc) is 2.29. The summed E-state index contributed by atoms with van der Waals surface area (Å²) in [7, 11) is 0. The number of nitrogens with one attached hydrogen (secondary N) is 1. The largest absolute Gasteiger partial charge is 0.379 e. The molecular formula is C12H19NOS. The van der Waals surface area contributed by atoms with E-state index in [-0.39, 0.29) is 0 Å². The predicted octanol–water partition coefficient (Wildman–Crippen LogP) is 2.40. The second-order valence-corrected chi connectivity index (χ2v) is 4.30. The molecule has 0 radical (unpaired) electrons. The summed E-state index contributed by atoms with van der Waals surface area (Å²) >= 11 is 1.84. The maximum Gasteiger partial charge on any atom is 0.0591 e. The Kier molecular flexibility index (Phi) is 7.34. The first-order valence-corrected chi connectivity index (χ1v) is 6.38. The SMILES string of the molecule is CCNCCOCCSc1ccccc1. The third-order valence-electron chi connectivity index (χ3n) is 1.91. The molecule has 0 amide bonds. The van der Waals surface area contributed by atoms with Crippen molar-refractivity contribution in [2.45, 2.75) is 11.8 Å². The van der Waals surface area contributed by atoms with Gasteiger partial charge in [-0.3, -0.25) is 0 Å². The molecule has 0 atom stereocenters. The number of hydrogen-bond donors (Lipinski definition) is 1. The lowest BCUT2D eigenvalue weighted by Crippen LogP contribution is -2.19. The molecule has 0 aromatic heterocycles. The number of benzene rings is 1. The van der Waals surface area contributed by atoms with Crippen LogP contribution in [0.25, 0.3) is 0 Å². The lowest BCUT2D eigenvalue weighted by atomic mass is 10.4. The van der Waals surface area contributed by atoms with Crippen LogP contribution in [0.1, 0.15) is 6.92 Å². The predicted molar refractivity (Wildman–Crippen MR) is 66.5 cm³/mol. The first-order valence-electron chi connectivity index (χ1n) is 5.40. The molecule has 2 nitrogen and oxygen atoms in total. The maximum absolute atomic E-state index is 5.47. The van der Waals surface area contributed by atoms with Crippen LogP contribution in [0.3, 0.4) is 0 Å². The zero-order valence-electron chi connectivity index (χ0n) is 9.24. The second kappa shape index (κ2) is 8.77. The van der Waals surface area contributed by atoms with Gasteiger partial charge in [0.2, 0.25) is 0 Å². The van der Waals surface area contributed by atoms with Crippen molar-refractivity contribution in [1.29, 1.82) is 0 Å².